The molecule has 0 radical (unpaired) electrons. The summed E-state index contributed by atoms with van der Waals surface area (Å²) in [5.74, 6) is -3.33. The van der Waals surface area contributed by atoms with Crippen molar-refractivity contribution < 1.29 is 40.7 Å². The average Bonchev–Trinajstić information content (AvgIpc) is 3.93. The number of fused-ring (bicyclic) bond motifs is 2. The van der Waals surface area contributed by atoms with E-state index in [0.29, 0.717) is 59.6 Å². The number of hydrogen-bond acceptors (Lipinski definition) is 8. The zero-order chi connectivity index (χ0) is 41.2. The van der Waals surface area contributed by atoms with E-state index in [1.165, 1.54) is 6.20 Å². The van der Waals surface area contributed by atoms with Crippen LogP contribution < -0.4 is 19.7 Å². The molecule has 0 saturated carbocycles. The fourth-order valence-electron chi connectivity index (χ4n) is 8.14. The van der Waals surface area contributed by atoms with E-state index < -0.39 is 57.6 Å². The highest BCUT2D eigenvalue weighted by Gasteiger charge is 2.39. The molecule has 13 nitrogen and oxygen atoms in total. The molecule has 0 bridgehead atoms. The van der Waals surface area contributed by atoms with Gasteiger partial charge in [0.05, 0.1) is 17.3 Å². The zero-order valence-electron chi connectivity index (χ0n) is 31.5. The van der Waals surface area contributed by atoms with Gasteiger partial charge in [0.25, 0.3) is 5.91 Å². The number of anilines is 2. The highest BCUT2D eigenvalue weighted by atomic mass is 32.2. The molecule has 2 aromatic heterocycles. The molecule has 3 fully saturated rings. The number of aromatic amines is 1. The maximum absolute atomic E-state index is 15.7. The van der Waals surface area contributed by atoms with Crippen molar-refractivity contribution in [2.24, 2.45) is 0 Å². The van der Waals surface area contributed by atoms with E-state index in [1.807, 2.05) is 35.1 Å². The Morgan fingerprint density at radius 1 is 0.983 bits per heavy atom. The molecule has 9 rings (SSSR count). The molecular weight excluding hydrogens is 788 g/mol. The lowest BCUT2D eigenvalue weighted by Gasteiger charge is -2.42. The predicted octanol–water partition coefficient (Wildman–Crippen LogP) is 5.85. The number of ketones is 1. The molecular formula is C42H38F3N7O6S. The molecule has 0 aliphatic carbocycles. The number of amides is 2. The second-order valence-electron chi connectivity index (χ2n) is 15.2. The lowest BCUT2D eigenvalue weighted by molar-refractivity contribution is -0.126. The van der Waals surface area contributed by atoms with Gasteiger partial charge in [-0.2, -0.15) is 12.7 Å². The van der Waals surface area contributed by atoms with E-state index in [2.05, 4.69) is 26.8 Å². The van der Waals surface area contributed by atoms with Crippen LogP contribution in [-0.4, -0.2) is 89.7 Å². The highest BCUT2D eigenvalue weighted by Crippen LogP contribution is 2.35. The highest BCUT2D eigenvalue weighted by molar-refractivity contribution is 7.90. The van der Waals surface area contributed by atoms with Gasteiger partial charge >= 0.3 is 10.2 Å². The van der Waals surface area contributed by atoms with Gasteiger partial charge in [-0.25, -0.2) is 18.2 Å². The number of nitrogens with zero attached hydrogens (tertiary/aromatic N) is 4. The quantitative estimate of drug-likeness (QED) is 0.140. The molecule has 0 spiro atoms. The Balaban J connectivity index is 0.866. The maximum atomic E-state index is 15.7. The summed E-state index contributed by atoms with van der Waals surface area (Å²) in [7, 11) is -4.36. The number of hydrogen-bond donors (Lipinski definition) is 3. The lowest BCUT2D eigenvalue weighted by atomic mass is 9.99. The van der Waals surface area contributed by atoms with Crippen LogP contribution in [0.15, 0.2) is 85.3 Å². The molecule has 17 heteroatoms. The van der Waals surface area contributed by atoms with Gasteiger partial charge in [-0.1, -0.05) is 18.7 Å². The van der Waals surface area contributed by atoms with Crippen LogP contribution in [-0.2, 0) is 21.5 Å². The van der Waals surface area contributed by atoms with Gasteiger partial charge in [0, 0.05) is 72.0 Å². The summed E-state index contributed by atoms with van der Waals surface area (Å²) in [6, 6.07) is 16.1. The van der Waals surface area contributed by atoms with Crippen LogP contribution in [0.3, 0.4) is 0 Å². The van der Waals surface area contributed by atoms with E-state index in [0.717, 1.165) is 46.2 Å². The van der Waals surface area contributed by atoms with Crippen molar-refractivity contribution in [2.45, 2.75) is 50.5 Å². The van der Waals surface area contributed by atoms with Crippen molar-refractivity contribution in [1.82, 2.24) is 24.5 Å². The number of aromatic nitrogens is 2. The first kappa shape index (κ1) is 38.3. The predicted molar refractivity (Wildman–Crippen MR) is 213 cm³/mol. The molecule has 3 N–H and O–H groups in total. The lowest BCUT2D eigenvalue weighted by Crippen LogP contribution is -2.51. The minimum atomic E-state index is -4.36. The number of pyridine rings is 1. The Morgan fingerprint density at radius 3 is 2.53 bits per heavy atom. The number of carbonyl (C=O) groups excluding carboxylic acids is 3. The first-order valence-electron chi connectivity index (χ1n) is 19.2. The number of allylic oxidation sites excluding steroid dienone is 1. The number of alkyl halides is 1. The first-order valence-corrected chi connectivity index (χ1v) is 20.6. The molecule has 59 heavy (non-hydrogen) atoms. The third-order valence-electron chi connectivity index (χ3n) is 11.5. The summed E-state index contributed by atoms with van der Waals surface area (Å²) in [5.41, 5.74) is 3.09. The Labute approximate surface area is 337 Å². The van der Waals surface area contributed by atoms with E-state index in [1.54, 1.807) is 29.3 Å². The van der Waals surface area contributed by atoms with Crippen molar-refractivity contribution >= 4 is 50.2 Å². The number of ether oxygens (including phenoxy) is 1. The van der Waals surface area contributed by atoms with Crippen LogP contribution in [0.2, 0.25) is 0 Å². The van der Waals surface area contributed by atoms with Gasteiger partial charge < -0.3 is 24.8 Å². The van der Waals surface area contributed by atoms with Crippen molar-refractivity contribution in [2.75, 3.05) is 35.9 Å². The van der Waals surface area contributed by atoms with E-state index in [4.69, 9.17) is 4.74 Å². The Kier molecular flexibility index (Phi) is 9.66. The third-order valence-corrected chi connectivity index (χ3v) is 13.0. The van der Waals surface area contributed by atoms with Crippen molar-refractivity contribution in [3.8, 4) is 16.9 Å². The minimum absolute atomic E-state index is 0.00219. The number of rotatable bonds is 11. The molecule has 3 saturated heterocycles. The maximum Gasteiger partial charge on any atom is 0.301 e. The monoisotopic (exact) mass is 825 g/mol. The van der Waals surface area contributed by atoms with E-state index >= 15 is 8.78 Å². The van der Waals surface area contributed by atoms with Crippen molar-refractivity contribution in [1.29, 1.82) is 0 Å². The molecule has 3 atom stereocenters. The molecule has 2 amide bonds. The molecule has 304 valence electrons. The molecule has 1 unspecified atom stereocenters. The SMILES string of the molecule is C=C1CCC(N2Cc3cc(OC[C@H]4CCN4c4ccc(-c5cnc6[nH]cc(C(=O)c7c(F)ccc(NS(=O)(=O)N8CC[C@@H](F)C8)c7F)c6c5)cc4)ccc3C2=O)C(=O)N1. The smallest absolute Gasteiger partial charge is 0.301 e. The summed E-state index contributed by atoms with van der Waals surface area (Å²) in [4.78, 5) is 50.5. The second-order valence-corrected chi connectivity index (χ2v) is 16.9. The topological polar surface area (TPSA) is 157 Å². The van der Waals surface area contributed by atoms with Gasteiger partial charge in [0.15, 0.2) is 5.82 Å². The molecule has 3 aromatic carbocycles. The van der Waals surface area contributed by atoms with Gasteiger partial charge in [-0.05, 0) is 85.3 Å². The van der Waals surface area contributed by atoms with Crippen LogP contribution in [0.1, 0.15) is 57.5 Å². The summed E-state index contributed by atoms with van der Waals surface area (Å²) < 4.78 is 79.1. The summed E-state index contributed by atoms with van der Waals surface area (Å²) in [6.07, 6.45) is 3.64. The second kappa shape index (κ2) is 14.9. The molecule has 4 aliphatic rings. The average molecular weight is 826 g/mol. The van der Waals surface area contributed by atoms with Crippen LogP contribution >= 0.6 is 0 Å². The van der Waals surface area contributed by atoms with Crippen LogP contribution in [0.4, 0.5) is 24.5 Å². The standard InChI is InChI=1S/C42H38F3N7O6S/c1-23-2-11-36(41(54)48-23)52-20-26-16-30(7-8-31(26)42(52)55)58-22-29-13-15-51(29)28-5-3-24(4-6-28)25-17-32-33(19-47-40(32)46-18-25)39(53)37-34(44)9-10-35(38(37)45)49-59(56,57)50-14-12-27(43)21-50/h3-10,16-19,27,29,36,49H,1-2,11-15,20-22H2,(H,46,47)(H,48,54)/t27-,29-,36?/m1/s1. The van der Waals surface area contributed by atoms with Crippen molar-refractivity contribution in [3.05, 3.63) is 119 Å². The van der Waals surface area contributed by atoms with E-state index in [-0.39, 0.29) is 36.4 Å². The van der Waals surface area contributed by atoms with E-state index in [9.17, 15) is 27.2 Å². The minimum Gasteiger partial charge on any atom is -0.491 e. The Morgan fingerprint density at radius 2 is 1.80 bits per heavy atom. The van der Waals surface area contributed by atoms with Gasteiger partial charge in [-0.15, -0.1) is 0 Å². The number of H-pyrrole nitrogens is 1. The van der Waals surface area contributed by atoms with Crippen LogP contribution in [0.25, 0.3) is 22.2 Å². The number of benzene rings is 3. The van der Waals surface area contributed by atoms with Gasteiger partial charge in [0.2, 0.25) is 11.7 Å². The molecule has 5 aromatic rings. The first-order chi connectivity index (χ1) is 28.3. The Bertz CT molecular complexity index is 2670. The van der Waals surface area contributed by atoms with Crippen LogP contribution in [0.5, 0.6) is 5.75 Å². The summed E-state index contributed by atoms with van der Waals surface area (Å²) in [5, 5.41) is 3.06. The Hall–Kier alpha value is -6.20. The number of halogens is 3. The van der Waals surface area contributed by atoms with Gasteiger partial charge in [-0.3, -0.25) is 19.1 Å². The number of piperidine rings is 1. The fourth-order valence-corrected chi connectivity index (χ4v) is 9.41. The molecule has 6 heterocycles. The fraction of sp³-hybridized carbons (Fsp3) is 0.286. The summed E-state index contributed by atoms with van der Waals surface area (Å²) >= 11 is 0. The third kappa shape index (κ3) is 7.07. The summed E-state index contributed by atoms with van der Waals surface area (Å²) in [6.45, 7) is 4.91. The number of nitrogens with one attached hydrogen (secondary N) is 3. The van der Waals surface area contributed by atoms with Crippen molar-refractivity contribution in [3.63, 3.8) is 0 Å². The van der Waals surface area contributed by atoms with Gasteiger partial charge in [0.1, 0.15) is 36.0 Å². The molecule has 4 aliphatic heterocycles. The normalized spacial score (nSPS) is 20.8. The van der Waals surface area contributed by atoms with Crippen LogP contribution in [0, 0.1) is 11.6 Å². The largest absolute Gasteiger partial charge is 0.491 e. The number of carbonyl (C=O) groups is 3. The zero-order valence-corrected chi connectivity index (χ0v) is 32.3.